The van der Waals surface area contributed by atoms with Crippen LogP contribution in [0.2, 0.25) is 0 Å². The molecule has 0 saturated carbocycles. The highest BCUT2D eigenvalue weighted by Crippen LogP contribution is 2.36. The summed E-state index contributed by atoms with van der Waals surface area (Å²) < 4.78 is 111. The summed E-state index contributed by atoms with van der Waals surface area (Å²) in [5, 5.41) is 0. The SMILES string of the molecule is CC(C)CCCCCCCc1[nH]cc[n+]1C.O=S(=O)([N-]S(=O)(=O)C(F)(F)F)C(F)(F)F. The molecule has 184 valence electrons. The van der Waals surface area contributed by atoms with Crippen LogP contribution in [0, 0.1) is 5.92 Å². The van der Waals surface area contributed by atoms with Crippen LogP contribution in [-0.4, -0.2) is 32.8 Å². The molecule has 1 rings (SSSR count). The second-order valence-corrected chi connectivity index (χ2v) is 10.6. The summed E-state index contributed by atoms with van der Waals surface area (Å²) >= 11 is 0. The Kier molecular flexibility index (Phi) is 11.5. The van der Waals surface area contributed by atoms with E-state index in [2.05, 4.69) is 36.6 Å². The van der Waals surface area contributed by atoms with E-state index in [1.807, 2.05) is 6.20 Å². The number of unbranched alkanes of at least 4 members (excludes halogenated alkanes) is 4. The average molecular weight is 504 g/mol. The highest BCUT2D eigenvalue weighted by atomic mass is 32.3. The molecule has 1 aromatic rings. The van der Waals surface area contributed by atoms with E-state index in [0.717, 1.165) is 10.0 Å². The van der Waals surface area contributed by atoms with Gasteiger partial charge in [-0.3, -0.25) is 0 Å². The summed E-state index contributed by atoms with van der Waals surface area (Å²) in [7, 11) is -11.3. The first-order chi connectivity index (χ1) is 13.9. The Labute approximate surface area is 178 Å². The van der Waals surface area contributed by atoms with E-state index in [1.165, 1.54) is 50.8 Å². The van der Waals surface area contributed by atoms with Crippen LogP contribution in [-0.2, 0) is 33.5 Å². The number of H-pyrrole nitrogens is 1. The van der Waals surface area contributed by atoms with E-state index in [0.29, 0.717) is 0 Å². The van der Waals surface area contributed by atoms with Gasteiger partial charge in [0.2, 0.25) is 0 Å². The van der Waals surface area contributed by atoms with Crippen LogP contribution in [0.3, 0.4) is 0 Å². The van der Waals surface area contributed by atoms with Gasteiger partial charge in [-0.15, -0.1) is 0 Å². The number of hydrogen-bond donors (Lipinski definition) is 1. The van der Waals surface area contributed by atoms with Crippen LogP contribution < -0.4 is 4.57 Å². The third kappa shape index (κ3) is 11.2. The van der Waals surface area contributed by atoms with Gasteiger partial charge in [-0.05, 0) is 12.3 Å². The quantitative estimate of drug-likeness (QED) is 0.290. The summed E-state index contributed by atoms with van der Waals surface area (Å²) in [4.78, 5) is 3.29. The molecule has 0 amide bonds. The maximum atomic E-state index is 11.4. The number of hydrogen-bond acceptors (Lipinski definition) is 4. The fourth-order valence-corrected chi connectivity index (χ4v) is 3.98. The highest BCUT2D eigenvalue weighted by Gasteiger charge is 2.46. The Morgan fingerprint density at radius 2 is 1.35 bits per heavy atom. The molecule has 0 atom stereocenters. The summed E-state index contributed by atoms with van der Waals surface area (Å²) in [6.07, 6.45) is 13.6. The molecule has 0 spiro atoms. The van der Waals surface area contributed by atoms with Crippen LogP contribution in [0.25, 0.3) is 4.13 Å². The first kappa shape index (κ1) is 29.7. The molecule has 0 aromatic carbocycles. The number of rotatable bonds is 10. The summed E-state index contributed by atoms with van der Waals surface area (Å²) in [5.41, 5.74) is -12.4. The Bertz CT molecular complexity index is 821. The largest absolute Gasteiger partial charge is 0.480 e. The average Bonchev–Trinajstić information content (AvgIpc) is 2.96. The van der Waals surface area contributed by atoms with Crippen LogP contribution in [0.4, 0.5) is 26.3 Å². The molecule has 1 heterocycles. The van der Waals surface area contributed by atoms with Crippen LogP contribution in [0.1, 0.15) is 58.2 Å². The smallest absolute Gasteiger partial charge is 0.421 e. The molecule has 15 heteroatoms. The fraction of sp³-hybridized carbons (Fsp3) is 0.812. The van der Waals surface area contributed by atoms with Crippen LogP contribution in [0.5, 0.6) is 0 Å². The summed E-state index contributed by atoms with van der Waals surface area (Å²) in [5.74, 6) is 2.22. The maximum Gasteiger partial charge on any atom is 0.480 e. The van der Waals surface area contributed by atoms with Crippen molar-refractivity contribution in [3.8, 4) is 0 Å². The maximum absolute atomic E-state index is 11.4. The van der Waals surface area contributed by atoms with Crippen LogP contribution in [0.15, 0.2) is 12.4 Å². The van der Waals surface area contributed by atoms with E-state index < -0.39 is 31.1 Å². The number of aryl methyl sites for hydroxylation is 2. The Hall–Kier alpha value is -1.35. The zero-order valence-corrected chi connectivity index (χ0v) is 18.9. The van der Waals surface area contributed by atoms with Crippen molar-refractivity contribution in [2.24, 2.45) is 13.0 Å². The zero-order valence-electron chi connectivity index (χ0n) is 17.3. The van der Waals surface area contributed by atoms with Crippen molar-refractivity contribution in [2.45, 2.75) is 69.8 Å². The summed E-state index contributed by atoms with van der Waals surface area (Å²) in [6.45, 7) is 4.62. The molecule has 7 nitrogen and oxygen atoms in total. The van der Waals surface area contributed by atoms with Gasteiger partial charge in [0, 0.05) is 6.42 Å². The molecule has 0 fully saturated rings. The predicted octanol–water partition coefficient (Wildman–Crippen LogP) is 4.44. The van der Waals surface area contributed by atoms with Crippen molar-refractivity contribution in [1.29, 1.82) is 0 Å². The van der Waals surface area contributed by atoms with Crippen molar-refractivity contribution in [3.63, 3.8) is 0 Å². The van der Waals surface area contributed by atoms with Crippen molar-refractivity contribution in [3.05, 3.63) is 22.3 Å². The number of alkyl halides is 6. The third-order valence-electron chi connectivity index (χ3n) is 3.95. The lowest BCUT2D eigenvalue weighted by molar-refractivity contribution is -0.677. The van der Waals surface area contributed by atoms with E-state index in [1.54, 1.807) is 0 Å². The molecule has 0 unspecified atom stereocenters. The van der Waals surface area contributed by atoms with Gasteiger partial charge in [-0.25, -0.2) is 26.4 Å². The molecule has 31 heavy (non-hydrogen) atoms. The first-order valence-electron chi connectivity index (χ1n) is 9.29. The molecule has 1 aromatic heterocycles. The second-order valence-electron chi connectivity index (χ2n) is 7.13. The number of aromatic nitrogens is 2. The lowest BCUT2D eigenvalue weighted by Crippen LogP contribution is -2.30. The molecular formula is C16H27F6N3O4S2. The molecule has 0 aliphatic rings. The molecular weight excluding hydrogens is 476 g/mol. The number of sulfonamides is 2. The van der Waals surface area contributed by atoms with Crippen molar-refractivity contribution >= 4 is 20.0 Å². The third-order valence-corrected chi connectivity index (χ3v) is 6.69. The number of halogens is 6. The van der Waals surface area contributed by atoms with Crippen molar-refractivity contribution in [1.82, 2.24) is 4.98 Å². The minimum Gasteiger partial charge on any atom is -0.421 e. The van der Waals surface area contributed by atoms with Gasteiger partial charge in [-0.2, -0.15) is 26.3 Å². The normalized spacial score (nSPS) is 13.2. The van der Waals surface area contributed by atoms with Gasteiger partial charge in [0.25, 0.3) is 5.82 Å². The van der Waals surface area contributed by atoms with E-state index in [9.17, 15) is 43.2 Å². The van der Waals surface area contributed by atoms with Crippen LogP contribution >= 0.6 is 0 Å². The lowest BCUT2D eigenvalue weighted by atomic mass is 10.0. The molecule has 0 bridgehead atoms. The zero-order chi connectivity index (χ0) is 24.5. The predicted molar refractivity (Wildman–Crippen MR) is 102 cm³/mol. The first-order valence-corrected chi connectivity index (χ1v) is 12.2. The second kappa shape index (κ2) is 12.0. The van der Waals surface area contributed by atoms with E-state index in [4.69, 9.17) is 0 Å². The van der Waals surface area contributed by atoms with E-state index >= 15 is 0 Å². The lowest BCUT2D eigenvalue weighted by Gasteiger charge is -2.22. The number of nitrogens with zero attached hydrogens (tertiary/aromatic N) is 2. The van der Waals surface area contributed by atoms with Crippen molar-refractivity contribution in [2.75, 3.05) is 0 Å². The monoisotopic (exact) mass is 503 g/mol. The molecule has 0 aliphatic heterocycles. The Balaban J connectivity index is 0.000000582. The molecule has 0 radical (unpaired) electrons. The molecule has 0 aliphatic carbocycles. The van der Waals surface area contributed by atoms with Gasteiger partial charge < -0.3 is 4.13 Å². The summed E-state index contributed by atoms with van der Waals surface area (Å²) in [6, 6.07) is 0. The fourth-order valence-electron chi connectivity index (χ4n) is 2.27. The van der Waals surface area contributed by atoms with Gasteiger partial charge >= 0.3 is 11.0 Å². The van der Waals surface area contributed by atoms with Gasteiger partial charge in [-0.1, -0.05) is 46.0 Å². The minimum absolute atomic E-state index is 0.778. The van der Waals surface area contributed by atoms with Gasteiger partial charge in [0.15, 0.2) is 20.0 Å². The topological polar surface area (TPSA) is 102 Å². The Morgan fingerprint density at radius 3 is 1.74 bits per heavy atom. The van der Waals surface area contributed by atoms with E-state index in [-0.39, 0.29) is 0 Å². The highest BCUT2D eigenvalue weighted by molar-refractivity contribution is 8.13. The number of aromatic amines is 1. The standard InChI is InChI=1S/C14H26N2.C2F6NO4S2/c1-13(2)9-7-5-4-6-8-10-14-15-11-12-16(14)3;3-1(4,5)14(10,11)9-15(12,13)2(6,7)8/h11-13H,4-10H2,1-3H3;/q;-1/p+1. The number of nitrogens with one attached hydrogen (secondary N) is 1. The number of imidazole rings is 1. The van der Waals surface area contributed by atoms with Crippen molar-refractivity contribution < 1.29 is 47.7 Å². The van der Waals surface area contributed by atoms with Gasteiger partial charge in [0.1, 0.15) is 12.4 Å². The molecule has 1 N–H and O–H groups in total. The van der Waals surface area contributed by atoms with Gasteiger partial charge in [0.05, 0.1) is 7.05 Å². The minimum atomic E-state index is -6.72. The Morgan fingerprint density at radius 1 is 0.903 bits per heavy atom. The molecule has 0 saturated heterocycles.